The molecule has 4 aliphatic carbocycles. The van der Waals surface area contributed by atoms with Gasteiger partial charge >= 0.3 is 0 Å². The maximum absolute atomic E-state index is 3.87. The molecule has 9 rings (SSSR count). The Labute approximate surface area is 302 Å². The zero-order chi connectivity index (χ0) is 34.4. The van der Waals surface area contributed by atoms with Crippen molar-refractivity contribution in [3.05, 3.63) is 204 Å². The summed E-state index contributed by atoms with van der Waals surface area (Å²) >= 11 is 0. The van der Waals surface area contributed by atoms with Crippen molar-refractivity contribution < 1.29 is 0 Å². The van der Waals surface area contributed by atoms with E-state index < -0.39 is 0 Å². The molecule has 1 N–H and O–H groups in total. The molecule has 0 aliphatic heterocycles. The third kappa shape index (κ3) is 5.71. The number of fused-ring (bicyclic) bond motifs is 4. The second-order valence-corrected chi connectivity index (χ2v) is 14.6. The average molecular weight is 659 g/mol. The van der Waals surface area contributed by atoms with Gasteiger partial charge in [-0.3, -0.25) is 0 Å². The molecule has 0 spiro atoms. The van der Waals surface area contributed by atoms with E-state index in [0.717, 1.165) is 6.42 Å². The minimum atomic E-state index is -0.114. The Morgan fingerprint density at radius 2 is 1.29 bits per heavy atom. The van der Waals surface area contributed by atoms with Crippen molar-refractivity contribution in [2.45, 2.75) is 37.8 Å². The molecule has 0 aromatic heterocycles. The Bertz CT molecular complexity index is 2260. The maximum Gasteiger partial charge on any atom is 0.0563 e. The number of hydrogen-bond acceptors (Lipinski definition) is 2. The quantitative estimate of drug-likeness (QED) is 0.187. The topological polar surface area (TPSA) is 15.3 Å². The summed E-state index contributed by atoms with van der Waals surface area (Å²) in [6, 6.07) is 46.9. The number of benzene rings is 5. The van der Waals surface area contributed by atoms with Gasteiger partial charge in [0.2, 0.25) is 0 Å². The van der Waals surface area contributed by atoms with Crippen LogP contribution in [0.1, 0.15) is 31.4 Å². The molecule has 2 nitrogen and oxygen atoms in total. The van der Waals surface area contributed by atoms with E-state index in [1.165, 1.54) is 67.2 Å². The van der Waals surface area contributed by atoms with E-state index in [-0.39, 0.29) is 17.5 Å². The molecule has 4 aliphatic rings. The van der Waals surface area contributed by atoms with Crippen molar-refractivity contribution in [2.75, 3.05) is 10.2 Å². The molecular weight excluding hydrogens is 617 g/mol. The zero-order valence-corrected chi connectivity index (χ0v) is 29.2. The molecule has 5 aromatic rings. The lowest BCUT2D eigenvalue weighted by atomic mass is 9.79. The van der Waals surface area contributed by atoms with Gasteiger partial charge in [-0.05, 0) is 92.9 Å². The van der Waals surface area contributed by atoms with Gasteiger partial charge in [-0.1, -0.05) is 160 Å². The normalized spacial score (nSPS) is 20.7. The van der Waals surface area contributed by atoms with E-state index in [2.05, 4.69) is 206 Å². The van der Waals surface area contributed by atoms with Crippen LogP contribution in [0, 0.1) is 5.92 Å². The van der Waals surface area contributed by atoms with Crippen LogP contribution >= 0.6 is 0 Å². The van der Waals surface area contributed by atoms with Crippen molar-refractivity contribution in [2.24, 2.45) is 5.92 Å². The molecule has 0 saturated carbocycles. The van der Waals surface area contributed by atoms with Gasteiger partial charge in [-0.25, -0.2) is 0 Å². The fourth-order valence-corrected chi connectivity index (χ4v) is 8.43. The lowest BCUT2D eigenvalue weighted by Crippen LogP contribution is -2.32. The standard InChI is InChI=1S/C49H42N2/c1-49(2)46-32-39(50-48-19-11-15-38-14-9-10-18-43(38)48)26-30-44(46)45-31-29-42(33-47(45)49)51(40-16-7-4-8-17-40)41-27-24-37(25-28-41)36-22-20-35(21-23-36)34-12-5-3-6-13-34/h3-28,30-33,42-43,48,50H,29H2,1-2H3. The van der Waals surface area contributed by atoms with Crippen LogP contribution in [0.4, 0.5) is 17.1 Å². The number of anilines is 3. The first-order valence-corrected chi connectivity index (χ1v) is 18.2. The fraction of sp³-hybridized carbons (Fsp3) is 0.143. The maximum atomic E-state index is 3.87. The third-order valence-electron chi connectivity index (χ3n) is 11.1. The second-order valence-electron chi connectivity index (χ2n) is 14.6. The number of rotatable bonds is 7. The summed E-state index contributed by atoms with van der Waals surface area (Å²) in [7, 11) is 0. The fourth-order valence-electron chi connectivity index (χ4n) is 8.43. The Balaban J connectivity index is 0.998. The van der Waals surface area contributed by atoms with Gasteiger partial charge in [-0.15, -0.1) is 0 Å². The first-order chi connectivity index (χ1) is 25.0. The van der Waals surface area contributed by atoms with Crippen molar-refractivity contribution in [1.29, 1.82) is 0 Å². The van der Waals surface area contributed by atoms with E-state index in [1.807, 2.05) is 0 Å². The molecule has 0 bridgehead atoms. The van der Waals surface area contributed by atoms with Crippen LogP contribution < -0.4 is 10.2 Å². The highest BCUT2D eigenvalue weighted by atomic mass is 15.2. The average Bonchev–Trinajstić information content (AvgIpc) is 3.41. The van der Waals surface area contributed by atoms with Crippen LogP contribution in [-0.4, -0.2) is 12.1 Å². The molecule has 0 radical (unpaired) electrons. The predicted octanol–water partition coefficient (Wildman–Crippen LogP) is 12.3. The summed E-state index contributed by atoms with van der Waals surface area (Å²) < 4.78 is 0. The van der Waals surface area contributed by atoms with Crippen molar-refractivity contribution >= 4 is 22.6 Å². The van der Waals surface area contributed by atoms with Crippen LogP contribution in [0.15, 0.2) is 193 Å². The van der Waals surface area contributed by atoms with E-state index in [1.54, 1.807) is 0 Å². The Hall–Kier alpha value is -5.86. The number of para-hydroxylation sites is 1. The first kappa shape index (κ1) is 31.1. The molecule has 3 atom stereocenters. The molecule has 0 fully saturated rings. The van der Waals surface area contributed by atoms with Crippen LogP contribution in [0.2, 0.25) is 0 Å². The molecular formula is C49H42N2. The van der Waals surface area contributed by atoms with Gasteiger partial charge in [0.15, 0.2) is 0 Å². The highest BCUT2D eigenvalue weighted by Crippen LogP contribution is 2.53. The number of allylic oxidation sites excluding steroid dienone is 7. The van der Waals surface area contributed by atoms with E-state index >= 15 is 0 Å². The van der Waals surface area contributed by atoms with Gasteiger partial charge in [-0.2, -0.15) is 0 Å². The molecule has 2 heteroatoms. The van der Waals surface area contributed by atoms with Crippen LogP contribution in [0.5, 0.6) is 0 Å². The summed E-state index contributed by atoms with van der Waals surface area (Å²) in [5, 5.41) is 3.87. The predicted molar refractivity (Wildman–Crippen MR) is 216 cm³/mol. The SMILES string of the molecule is CC1(C)C2=CC(N(c3ccccc3)c3ccc(-c4ccc(-c5ccccc5)cc4)cc3)CC=C2c2ccc(NC3C=CC=C4C=CC=CC43)cc21. The van der Waals surface area contributed by atoms with Crippen LogP contribution in [0.3, 0.4) is 0 Å². The molecule has 0 amide bonds. The lowest BCUT2D eigenvalue weighted by molar-refractivity contribution is 0.644. The van der Waals surface area contributed by atoms with Crippen molar-refractivity contribution in [1.82, 2.24) is 0 Å². The Morgan fingerprint density at radius 3 is 2.02 bits per heavy atom. The summed E-state index contributed by atoms with van der Waals surface area (Å²) in [4.78, 5) is 2.52. The Kier molecular flexibility index (Phi) is 7.81. The largest absolute Gasteiger partial charge is 0.378 e. The lowest BCUT2D eigenvalue weighted by Gasteiger charge is -2.35. The Morgan fingerprint density at radius 1 is 0.647 bits per heavy atom. The number of nitrogens with zero attached hydrogens (tertiary/aromatic N) is 1. The molecule has 5 aromatic carbocycles. The van der Waals surface area contributed by atoms with Gasteiger partial charge in [0.25, 0.3) is 0 Å². The van der Waals surface area contributed by atoms with Gasteiger partial charge in [0, 0.05) is 28.4 Å². The third-order valence-corrected chi connectivity index (χ3v) is 11.1. The minimum Gasteiger partial charge on any atom is -0.378 e. The summed E-state index contributed by atoms with van der Waals surface area (Å²) in [5.41, 5.74) is 15.3. The number of hydrogen-bond donors (Lipinski definition) is 1. The van der Waals surface area contributed by atoms with Crippen LogP contribution in [0.25, 0.3) is 27.8 Å². The highest BCUT2D eigenvalue weighted by Gasteiger charge is 2.41. The second kappa shape index (κ2) is 12.8. The minimum absolute atomic E-state index is 0.114. The van der Waals surface area contributed by atoms with Gasteiger partial charge < -0.3 is 10.2 Å². The smallest absolute Gasteiger partial charge is 0.0563 e. The molecule has 0 heterocycles. The summed E-state index contributed by atoms with van der Waals surface area (Å²) in [6.45, 7) is 4.79. The van der Waals surface area contributed by atoms with E-state index in [0.29, 0.717) is 5.92 Å². The van der Waals surface area contributed by atoms with E-state index in [4.69, 9.17) is 0 Å². The first-order valence-electron chi connectivity index (χ1n) is 18.2. The molecule has 51 heavy (non-hydrogen) atoms. The summed E-state index contributed by atoms with van der Waals surface area (Å²) in [6.07, 6.45) is 21.5. The van der Waals surface area contributed by atoms with Gasteiger partial charge in [0.1, 0.15) is 0 Å². The number of nitrogens with one attached hydrogen (secondary N) is 1. The molecule has 3 unspecified atom stereocenters. The van der Waals surface area contributed by atoms with Gasteiger partial charge in [0.05, 0.1) is 12.1 Å². The monoisotopic (exact) mass is 658 g/mol. The van der Waals surface area contributed by atoms with E-state index in [9.17, 15) is 0 Å². The molecule has 248 valence electrons. The van der Waals surface area contributed by atoms with Crippen LogP contribution in [-0.2, 0) is 5.41 Å². The van der Waals surface area contributed by atoms with Crippen molar-refractivity contribution in [3.63, 3.8) is 0 Å². The summed E-state index contributed by atoms with van der Waals surface area (Å²) in [5.74, 6) is 0.355. The molecule has 0 saturated heterocycles. The zero-order valence-electron chi connectivity index (χ0n) is 29.2. The highest BCUT2D eigenvalue weighted by molar-refractivity contribution is 5.92. The van der Waals surface area contributed by atoms with Crippen molar-refractivity contribution in [3.8, 4) is 22.3 Å².